The molecular formula is C35H48F6N2O10Si2. The van der Waals surface area contributed by atoms with Crippen LogP contribution < -0.4 is 10.6 Å². The lowest BCUT2D eigenvalue weighted by molar-refractivity contribution is -0.288. The third-order valence-corrected chi connectivity index (χ3v) is 14.8. The first-order chi connectivity index (χ1) is 25.6. The van der Waals surface area contributed by atoms with Crippen LogP contribution >= 0.6 is 0 Å². The molecule has 0 saturated heterocycles. The van der Waals surface area contributed by atoms with Gasteiger partial charge in [-0.2, -0.15) is 26.3 Å². The first kappa shape index (κ1) is 47.3. The fourth-order valence-corrected chi connectivity index (χ4v) is 11.1. The number of carbonyl (C=O) groups is 4. The Morgan fingerprint density at radius 3 is 1.27 bits per heavy atom. The zero-order chi connectivity index (χ0) is 41.8. The maximum absolute atomic E-state index is 15.1. The van der Waals surface area contributed by atoms with Gasteiger partial charge in [-0.05, 0) is 101 Å². The van der Waals surface area contributed by atoms with Crippen LogP contribution in [0.25, 0.3) is 0 Å². The fraction of sp³-hybridized carbons (Fsp3) is 0.543. The molecule has 0 aliphatic carbocycles. The van der Waals surface area contributed by atoms with Crippen molar-refractivity contribution in [1.29, 1.82) is 0 Å². The number of amides is 2. The van der Waals surface area contributed by atoms with E-state index in [2.05, 4.69) is 10.6 Å². The number of nitrogens with one attached hydrogen (secondary N) is 2. The minimum Gasteiger partial charge on any atom is -0.478 e. The molecule has 55 heavy (non-hydrogen) atoms. The lowest BCUT2D eigenvalue weighted by Crippen LogP contribution is -2.55. The predicted molar refractivity (Wildman–Crippen MR) is 193 cm³/mol. The summed E-state index contributed by atoms with van der Waals surface area (Å²) in [6.45, 7) is 11.9. The first-order valence-corrected chi connectivity index (χ1v) is 22.6. The summed E-state index contributed by atoms with van der Waals surface area (Å²) >= 11 is 0. The molecule has 12 nitrogen and oxygen atoms in total. The third kappa shape index (κ3) is 11.6. The SMILES string of the molecule is CCO[Si](C)(CCCNC(=O)c1ccc(C(c2ccc(C(=O)O)c(C(=O)NCCC[Si](C)(OCC)OCC)c2)(C(F)(F)F)C(F)(F)F)cc1C(=O)O)OCC. The minimum atomic E-state index is -6.24. The van der Waals surface area contributed by atoms with E-state index in [1.54, 1.807) is 34.2 Å². The highest BCUT2D eigenvalue weighted by molar-refractivity contribution is 6.66. The molecular weight excluding hydrogens is 779 g/mol. The number of carboxylic acids is 2. The van der Waals surface area contributed by atoms with Crippen molar-refractivity contribution in [2.75, 3.05) is 39.5 Å². The van der Waals surface area contributed by atoms with Crippen molar-refractivity contribution in [3.8, 4) is 0 Å². The Kier molecular flexibility index (Phi) is 17.1. The van der Waals surface area contributed by atoms with Crippen molar-refractivity contribution < 1.29 is 73.4 Å². The lowest BCUT2D eigenvalue weighted by atomic mass is 9.71. The third-order valence-electron chi connectivity index (χ3n) is 8.69. The molecule has 2 amide bonds. The summed E-state index contributed by atoms with van der Waals surface area (Å²) in [6, 6.07) is 2.65. The Morgan fingerprint density at radius 1 is 0.582 bits per heavy atom. The van der Waals surface area contributed by atoms with Crippen LogP contribution in [-0.2, 0) is 23.1 Å². The molecule has 0 aliphatic rings. The lowest BCUT2D eigenvalue weighted by Gasteiger charge is -2.38. The number of hydrogen-bond acceptors (Lipinski definition) is 8. The average molecular weight is 827 g/mol. The summed E-state index contributed by atoms with van der Waals surface area (Å²) in [7, 11) is -5.25. The molecule has 0 aliphatic heterocycles. The molecule has 308 valence electrons. The van der Waals surface area contributed by atoms with Crippen LogP contribution in [0.4, 0.5) is 26.3 Å². The number of benzene rings is 2. The Balaban J connectivity index is 2.62. The smallest absolute Gasteiger partial charge is 0.411 e. The number of rotatable bonds is 22. The zero-order valence-electron chi connectivity index (χ0n) is 31.5. The van der Waals surface area contributed by atoms with Crippen molar-refractivity contribution in [3.63, 3.8) is 0 Å². The quantitative estimate of drug-likeness (QED) is 0.0550. The van der Waals surface area contributed by atoms with Gasteiger partial charge < -0.3 is 38.6 Å². The van der Waals surface area contributed by atoms with Gasteiger partial charge in [-0.25, -0.2) is 9.59 Å². The molecule has 0 heterocycles. The Bertz CT molecular complexity index is 1630. The summed E-state index contributed by atoms with van der Waals surface area (Å²) in [5, 5.41) is 24.4. The van der Waals surface area contributed by atoms with Gasteiger partial charge in [0, 0.05) is 39.5 Å². The van der Waals surface area contributed by atoms with Crippen LogP contribution in [0, 0.1) is 0 Å². The van der Waals surface area contributed by atoms with Crippen LogP contribution in [0.15, 0.2) is 36.4 Å². The number of hydrogen-bond donors (Lipinski definition) is 4. The van der Waals surface area contributed by atoms with Gasteiger partial charge in [0.25, 0.3) is 11.8 Å². The molecule has 0 fully saturated rings. The van der Waals surface area contributed by atoms with E-state index in [1.807, 2.05) is 6.55 Å². The second-order valence-electron chi connectivity index (χ2n) is 12.6. The molecule has 2 rings (SSSR count). The number of alkyl halides is 6. The molecule has 4 N–H and O–H groups in total. The Hall–Kier alpha value is -3.83. The van der Waals surface area contributed by atoms with Crippen LogP contribution in [0.2, 0.25) is 25.2 Å². The molecule has 0 bridgehead atoms. The van der Waals surface area contributed by atoms with E-state index in [4.69, 9.17) is 17.7 Å². The van der Waals surface area contributed by atoms with Gasteiger partial charge in [0.1, 0.15) is 0 Å². The van der Waals surface area contributed by atoms with Crippen LogP contribution in [0.3, 0.4) is 0 Å². The van der Waals surface area contributed by atoms with Crippen molar-refractivity contribution in [2.24, 2.45) is 0 Å². The molecule has 20 heteroatoms. The summed E-state index contributed by atoms with van der Waals surface area (Å²) in [5.74, 6) is -6.13. The highest BCUT2D eigenvalue weighted by Gasteiger charge is 2.72. The largest absolute Gasteiger partial charge is 0.478 e. The Morgan fingerprint density at radius 2 is 0.927 bits per heavy atom. The number of halogens is 6. The molecule has 2 aromatic rings. The minimum absolute atomic E-state index is 0.0432. The summed E-state index contributed by atoms with van der Waals surface area (Å²) in [6.07, 6.45) is -11.9. The predicted octanol–water partition coefficient (Wildman–Crippen LogP) is 7.02. The van der Waals surface area contributed by atoms with E-state index in [1.165, 1.54) is 0 Å². The normalized spacial score (nSPS) is 12.7. The number of carboxylic acid groups (broad SMARTS) is 2. The second-order valence-corrected chi connectivity index (χ2v) is 19.3. The van der Waals surface area contributed by atoms with Gasteiger partial charge in [-0.1, -0.05) is 12.1 Å². The van der Waals surface area contributed by atoms with E-state index in [0.29, 0.717) is 63.1 Å². The van der Waals surface area contributed by atoms with E-state index >= 15 is 26.3 Å². The molecule has 0 radical (unpaired) electrons. The monoisotopic (exact) mass is 826 g/mol. The van der Waals surface area contributed by atoms with Gasteiger partial charge in [0.05, 0.1) is 22.3 Å². The summed E-state index contributed by atoms with van der Waals surface area (Å²) < 4.78 is 114. The zero-order valence-corrected chi connectivity index (χ0v) is 33.5. The van der Waals surface area contributed by atoms with Crippen molar-refractivity contribution in [2.45, 2.75) is 83.5 Å². The summed E-state index contributed by atoms with van der Waals surface area (Å²) in [5.41, 5.74) is -12.0. The second kappa shape index (κ2) is 19.9. The molecule has 0 saturated carbocycles. The van der Waals surface area contributed by atoms with E-state index in [0.717, 1.165) is 0 Å². The van der Waals surface area contributed by atoms with Gasteiger partial charge in [-0.3, -0.25) is 9.59 Å². The highest BCUT2D eigenvalue weighted by atomic mass is 28.4. The molecule has 0 atom stereocenters. The number of carbonyl (C=O) groups excluding carboxylic acids is 2. The van der Waals surface area contributed by atoms with Gasteiger partial charge >= 0.3 is 41.4 Å². The van der Waals surface area contributed by atoms with Crippen LogP contribution in [0.5, 0.6) is 0 Å². The molecule has 0 spiro atoms. The first-order valence-electron chi connectivity index (χ1n) is 17.6. The molecule has 0 aromatic heterocycles. The van der Waals surface area contributed by atoms with Crippen molar-refractivity contribution in [3.05, 3.63) is 69.8 Å². The van der Waals surface area contributed by atoms with Crippen LogP contribution in [-0.4, -0.2) is 103 Å². The standard InChI is InChI=1S/C35H48F6N2O10Si2/c1-7-50-54(5,51-8-2)19-11-17-42-29(44)25-15-13-24(22-28(25)32(48)49)33(34(36,37)38,35(39,40)41)23-14-16-26(31(46)47)27(21-23)30(45)43-18-12-20-55(6,52-9-3)53-10-4/h13-16,21-22H,7-12,17-20H2,1-6H3,(H,42,44)(H,43,45)(H,46,47)(H,48,49). The van der Waals surface area contributed by atoms with Crippen molar-refractivity contribution >= 4 is 40.9 Å². The molecule has 0 unspecified atom stereocenters. The van der Waals surface area contributed by atoms with Gasteiger partial charge in [0.2, 0.25) is 5.41 Å². The van der Waals surface area contributed by atoms with Gasteiger partial charge in [0.15, 0.2) is 0 Å². The van der Waals surface area contributed by atoms with Crippen LogP contribution in [0.1, 0.15) is 93.1 Å². The summed E-state index contributed by atoms with van der Waals surface area (Å²) in [4.78, 5) is 50.5. The molecule has 2 aromatic carbocycles. The van der Waals surface area contributed by atoms with Gasteiger partial charge in [-0.15, -0.1) is 0 Å². The number of aromatic carboxylic acids is 2. The van der Waals surface area contributed by atoms with E-state index in [9.17, 15) is 29.4 Å². The highest BCUT2D eigenvalue weighted by Crippen LogP contribution is 2.56. The average Bonchev–Trinajstić information content (AvgIpc) is 3.07. The van der Waals surface area contributed by atoms with Crippen molar-refractivity contribution in [1.82, 2.24) is 10.6 Å². The van der Waals surface area contributed by atoms with E-state index < -0.39 is 92.0 Å². The maximum atomic E-state index is 15.1. The Labute approximate surface area is 317 Å². The topological polar surface area (TPSA) is 170 Å². The fourth-order valence-electron chi connectivity index (χ4n) is 6.29. The van der Waals surface area contributed by atoms with E-state index in [-0.39, 0.29) is 37.7 Å². The maximum Gasteiger partial charge on any atom is 0.411 e.